The van der Waals surface area contributed by atoms with Gasteiger partial charge in [-0.3, -0.25) is 0 Å². The first-order valence-corrected chi connectivity index (χ1v) is 0. The molecule has 0 aromatic heterocycles. The molecule has 0 unspecified atom stereocenters. The van der Waals surface area contributed by atoms with Crippen LogP contribution in [0.2, 0.25) is 0 Å². The third-order valence-corrected chi connectivity index (χ3v) is 0. The summed E-state index contributed by atoms with van der Waals surface area (Å²) in [6.07, 6.45) is 0. The number of hydrogen-bond acceptors (Lipinski definition) is 0. The molecule has 0 heterocycles. The van der Waals surface area contributed by atoms with E-state index in [2.05, 4.69) is 0 Å². The van der Waals surface area contributed by atoms with Crippen molar-refractivity contribution in [1.29, 1.82) is 0 Å². The summed E-state index contributed by atoms with van der Waals surface area (Å²) in [4.78, 5) is 0. The first kappa shape index (κ1) is 224. The summed E-state index contributed by atoms with van der Waals surface area (Å²) in [7, 11) is 0. The quantitative estimate of drug-likeness (QED) is 0.220. The van der Waals surface area contributed by atoms with E-state index in [-0.39, 0.29) is 712 Å². The maximum absolute atomic E-state index is 0. The third-order valence-electron chi connectivity index (χ3n) is 0. The van der Waals surface area contributed by atoms with Crippen molar-refractivity contribution in [1.82, 2.24) is 0 Å². The van der Waals surface area contributed by atoms with Crippen LogP contribution in [0.4, 0.5) is 0 Å². The molecule has 0 rings (SSSR count). The molecule has 84 valence electrons. The Kier molecular flexibility index (Phi) is 1750. The monoisotopic (exact) mass is 708 g/mol. The molecule has 0 N–H and O–H groups in total. The van der Waals surface area contributed by atoms with Crippen LogP contribution in [0.3, 0.4) is 0 Å². The zero-order chi connectivity index (χ0) is 0. The standard InChI is InChI=1S/5ClH.22Na.22H/h5*1H;;;;;;;;;;;;;;;;;;;;;;;;;;;;;;;;;;;;;;;;;;;;. The molecular weight excluding hydrogens is 683 g/mol. The van der Waals surface area contributed by atoms with Gasteiger partial charge in [0.1, 0.15) is 0 Å². The zero-order valence-electron chi connectivity index (χ0n) is 2.04. The molecule has 0 fully saturated rings. The topological polar surface area (TPSA) is 0 Å². The van der Waals surface area contributed by atoms with Crippen molar-refractivity contribution in [2.24, 2.45) is 0 Å². The predicted octanol–water partition coefficient (Wildman–Crippen LogP) is -12.2. The summed E-state index contributed by atoms with van der Waals surface area (Å²) in [6, 6.07) is 0. The molecule has 0 spiro atoms. The summed E-state index contributed by atoms with van der Waals surface area (Å²) in [6.45, 7) is 0. The Morgan fingerprint density at radius 1 is 0.0741 bits per heavy atom. The van der Waals surface area contributed by atoms with E-state index in [9.17, 15) is 0 Å². The van der Waals surface area contributed by atoms with E-state index in [1.54, 1.807) is 0 Å². The summed E-state index contributed by atoms with van der Waals surface area (Å²) >= 11 is 0. The van der Waals surface area contributed by atoms with Crippen LogP contribution in [0.5, 0.6) is 0 Å². The van der Waals surface area contributed by atoms with Gasteiger partial charge in [0.25, 0.3) is 0 Å². The average Bonchev–Trinajstić information content (AvgIpc) is 0. The first-order valence-electron chi connectivity index (χ1n) is 0. The van der Waals surface area contributed by atoms with Gasteiger partial charge in [-0.25, -0.2) is 0 Å². The van der Waals surface area contributed by atoms with Gasteiger partial charge in [0.2, 0.25) is 0 Å². The number of hydrogen-bond donors (Lipinski definition) is 0. The van der Waals surface area contributed by atoms with Crippen LogP contribution in [-0.2, 0) is 0 Å². The van der Waals surface area contributed by atoms with Crippen LogP contribution in [-0.4, -0.2) is 650 Å². The summed E-state index contributed by atoms with van der Waals surface area (Å²) < 4.78 is 0. The van der Waals surface area contributed by atoms with E-state index in [0.717, 1.165) is 0 Å². The van der Waals surface area contributed by atoms with Crippen LogP contribution in [0.25, 0.3) is 0 Å². The molecule has 0 aliphatic rings. The van der Waals surface area contributed by atoms with E-state index in [1.165, 1.54) is 0 Å². The molecule has 0 saturated heterocycles. The van der Waals surface area contributed by atoms with Crippen LogP contribution in [0, 0.1) is 0 Å². The van der Waals surface area contributed by atoms with E-state index in [0.29, 0.717) is 0 Å². The Balaban J connectivity index is 0. The van der Waals surface area contributed by atoms with Gasteiger partial charge >= 0.3 is 650 Å². The van der Waals surface area contributed by atoms with Gasteiger partial charge in [-0.05, 0) is 0 Å². The second-order valence-electron chi connectivity index (χ2n) is 0. The van der Waals surface area contributed by atoms with Crippen molar-refractivity contribution in [3.8, 4) is 0 Å². The molecule has 0 atom stereocenters. The fourth-order valence-corrected chi connectivity index (χ4v) is 0. The van der Waals surface area contributed by atoms with Gasteiger partial charge in [0.05, 0.1) is 0 Å². The number of rotatable bonds is 0. The van der Waals surface area contributed by atoms with E-state index < -0.39 is 0 Å². The van der Waals surface area contributed by atoms with E-state index >= 15 is 0 Å². The molecular formula is H27Cl5Na22. The Hall–Kier alpha value is 23.4. The molecule has 27 heavy (non-hydrogen) atoms. The second kappa shape index (κ2) is 211. The molecule has 0 aliphatic carbocycles. The van der Waals surface area contributed by atoms with Gasteiger partial charge in [0.15, 0.2) is 0 Å². The molecule has 0 bridgehead atoms. The van der Waals surface area contributed by atoms with E-state index in [1.807, 2.05) is 0 Å². The summed E-state index contributed by atoms with van der Waals surface area (Å²) in [5.41, 5.74) is 0. The fourth-order valence-electron chi connectivity index (χ4n) is 0. The average molecular weight is 710 g/mol. The Morgan fingerprint density at radius 3 is 0.0741 bits per heavy atom. The minimum absolute atomic E-state index is 0. The molecule has 0 aliphatic heterocycles. The van der Waals surface area contributed by atoms with Crippen molar-refractivity contribution < 1.29 is 0 Å². The van der Waals surface area contributed by atoms with Crippen molar-refractivity contribution in [3.05, 3.63) is 0 Å². The first-order chi connectivity index (χ1) is 0. The second-order valence-corrected chi connectivity index (χ2v) is 0. The molecule has 0 radical (unpaired) electrons. The number of halogens is 5. The van der Waals surface area contributed by atoms with Gasteiger partial charge < -0.3 is 0 Å². The SMILES string of the molecule is Cl.Cl.Cl.Cl.Cl.[NaH].[NaH].[NaH].[NaH].[NaH].[NaH].[NaH].[NaH].[NaH].[NaH].[NaH].[NaH].[NaH].[NaH].[NaH].[NaH].[NaH].[NaH].[NaH].[NaH].[NaH].[NaH]. The van der Waals surface area contributed by atoms with Crippen molar-refractivity contribution in [3.63, 3.8) is 0 Å². The van der Waals surface area contributed by atoms with Crippen LogP contribution < -0.4 is 0 Å². The van der Waals surface area contributed by atoms with Crippen molar-refractivity contribution in [2.75, 3.05) is 0 Å². The minimum atomic E-state index is 0. The predicted molar refractivity (Wildman–Crippen MR) is 194 cm³/mol. The molecule has 0 amide bonds. The summed E-state index contributed by atoms with van der Waals surface area (Å²) in [5.74, 6) is 0. The van der Waals surface area contributed by atoms with Crippen LogP contribution in [0.1, 0.15) is 0 Å². The summed E-state index contributed by atoms with van der Waals surface area (Å²) in [5, 5.41) is 0. The van der Waals surface area contributed by atoms with Crippen molar-refractivity contribution in [2.45, 2.75) is 0 Å². The van der Waals surface area contributed by atoms with Gasteiger partial charge in [-0.15, -0.1) is 62.0 Å². The van der Waals surface area contributed by atoms with Crippen LogP contribution in [0.15, 0.2) is 0 Å². The van der Waals surface area contributed by atoms with Gasteiger partial charge in [0, 0.05) is 0 Å². The molecule has 0 nitrogen and oxygen atoms in total. The van der Waals surface area contributed by atoms with E-state index in [4.69, 9.17) is 0 Å². The van der Waals surface area contributed by atoms with Crippen LogP contribution >= 0.6 is 62.0 Å². The maximum atomic E-state index is 0. The molecule has 27 heteroatoms. The zero-order valence-corrected chi connectivity index (χ0v) is 6.12. The Labute approximate surface area is 687 Å². The fraction of sp³-hybridized carbons (Fsp3) is 0. The van der Waals surface area contributed by atoms with Crippen molar-refractivity contribution >= 4 is 712 Å². The van der Waals surface area contributed by atoms with Gasteiger partial charge in [-0.2, -0.15) is 0 Å². The molecule has 0 aromatic carbocycles. The normalized spacial score (nSPS) is 0. The third kappa shape index (κ3) is 202. The Morgan fingerprint density at radius 2 is 0.0741 bits per heavy atom. The Bertz CT molecular complexity index is 18.7. The molecule has 0 saturated carbocycles. The van der Waals surface area contributed by atoms with Gasteiger partial charge in [-0.1, -0.05) is 0 Å². The molecule has 0 aromatic rings.